The Labute approximate surface area is 118 Å². The summed E-state index contributed by atoms with van der Waals surface area (Å²) in [7, 11) is 0. The number of carboxylic acid groups (broad SMARTS) is 1. The van der Waals surface area contributed by atoms with Crippen molar-refractivity contribution in [2.45, 2.75) is 6.42 Å². The molecule has 1 amide bonds. The summed E-state index contributed by atoms with van der Waals surface area (Å²) in [4.78, 5) is 33.2. The van der Waals surface area contributed by atoms with Gasteiger partial charge in [-0.15, -0.1) is 0 Å². The van der Waals surface area contributed by atoms with E-state index in [1.54, 1.807) is 0 Å². The molecule has 1 aliphatic heterocycles. The first-order valence-corrected chi connectivity index (χ1v) is 5.96. The fraction of sp³-hybridized carbons (Fsp3) is 0.250. The second kappa shape index (κ2) is 5.67. The first kappa shape index (κ1) is 14.6. The molecular weight excluding hydrogens is 282 g/mol. The molecular formula is C12H11N3O6. The third-order valence-electron chi connectivity index (χ3n) is 2.99. The minimum atomic E-state index is -1.34. The van der Waals surface area contributed by atoms with Crippen LogP contribution in [0.3, 0.4) is 0 Å². The summed E-state index contributed by atoms with van der Waals surface area (Å²) in [5.41, 5.74) is -0.281. The van der Waals surface area contributed by atoms with E-state index in [1.165, 1.54) is 24.3 Å². The van der Waals surface area contributed by atoms with E-state index in [4.69, 9.17) is 10.2 Å². The molecule has 1 aromatic rings. The quantitative estimate of drug-likeness (QED) is 0.595. The number of carbonyl (C=O) groups excluding carboxylic acids is 1. The molecule has 0 saturated heterocycles. The smallest absolute Gasteiger partial charge is 0.352 e. The molecule has 1 atom stereocenters. The molecule has 0 radical (unpaired) electrons. The van der Waals surface area contributed by atoms with Gasteiger partial charge < -0.3 is 10.2 Å². The Balaban J connectivity index is 2.33. The van der Waals surface area contributed by atoms with E-state index >= 15 is 0 Å². The van der Waals surface area contributed by atoms with Crippen molar-refractivity contribution in [3.05, 3.63) is 34.4 Å². The second-order valence-electron chi connectivity index (χ2n) is 4.28. The number of hydrogen-bond donors (Lipinski definition) is 2. The molecule has 2 N–H and O–H groups in total. The van der Waals surface area contributed by atoms with Crippen LogP contribution in [0.4, 0.5) is 11.4 Å². The molecule has 0 fully saturated rings. The Morgan fingerprint density at radius 3 is 2.48 bits per heavy atom. The zero-order valence-corrected chi connectivity index (χ0v) is 10.7. The highest BCUT2D eigenvalue weighted by Gasteiger charge is 2.39. The Morgan fingerprint density at radius 2 is 2.00 bits per heavy atom. The summed E-state index contributed by atoms with van der Waals surface area (Å²) in [6.45, 7) is -0.350. The molecule has 0 aliphatic carbocycles. The maximum Gasteiger partial charge on any atom is 0.352 e. The number of aliphatic carboxylic acids is 1. The van der Waals surface area contributed by atoms with Crippen molar-refractivity contribution in [2.75, 3.05) is 11.6 Å². The number of carbonyl (C=O) groups is 2. The van der Waals surface area contributed by atoms with Crippen LogP contribution in [0.15, 0.2) is 29.4 Å². The van der Waals surface area contributed by atoms with Crippen LogP contribution in [-0.2, 0) is 9.59 Å². The zero-order valence-electron chi connectivity index (χ0n) is 10.7. The van der Waals surface area contributed by atoms with E-state index in [1.807, 2.05) is 0 Å². The summed E-state index contributed by atoms with van der Waals surface area (Å²) >= 11 is 0. The van der Waals surface area contributed by atoms with E-state index in [2.05, 4.69) is 5.10 Å². The van der Waals surface area contributed by atoms with Crippen LogP contribution < -0.4 is 5.01 Å². The SMILES string of the molecule is O=C(O)C1=NN(c2ccc([N+](=O)[O-])cc2)C(=O)[C@H]1CCO. The van der Waals surface area contributed by atoms with Crippen LogP contribution in [0.5, 0.6) is 0 Å². The molecule has 0 saturated carbocycles. The van der Waals surface area contributed by atoms with Crippen molar-refractivity contribution < 1.29 is 24.7 Å². The molecule has 9 nitrogen and oxygen atoms in total. The van der Waals surface area contributed by atoms with Crippen LogP contribution >= 0.6 is 0 Å². The highest BCUT2D eigenvalue weighted by molar-refractivity contribution is 6.43. The van der Waals surface area contributed by atoms with Crippen LogP contribution in [0.1, 0.15) is 6.42 Å². The normalized spacial score (nSPS) is 17.8. The summed E-state index contributed by atoms with van der Waals surface area (Å²) in [5, 5.41) is 33.1. The highest BCUT2D eigenvalue weighted by atomic mass is 16.6. The number of hydrazone groups is 1. The van der Waals surface area contributed by atoms with Crippen molar-refractivity contribution in [3.8, 4) is 0 Å². The summed E-state index contributed by atoms with van der Waals surface area (Å²) < 4.78 is 0. The largest absolute Gasteiger partial charge is 0.477 e. The number of aliphatic hydroxyl groups excluding tert-OH is 1. The zero-order chi connectivity index (χ0) is 15.6. The van der Waals surface area contributed by atoms with Gasteiger partial charge in [0.25, 0.3) is 11.6 Å². The predicted octanol–water partition coefficient (Wildman–Crippen LogP) is 0.381. The van der Waals surface area contributed by atoms with Crippen LogP contribution in [0.2, 0.25) is 0 Å². The maximum absolute atomic E-state index is 12.1. The number of nitro groups is 1. The molecule has 2 rings (SSSR count). The van der Waals surface area contributed by atoms with Gasteiger partial charge >= 0.3 is 5.97 Å². The molecule has 0 spiro atoms. The molecule has 9 heteroatoms. The van der Waals surface area contributed by atoms with Gasteiger partial charge in [0, 0.05) is 18.7 Å². The van der Waals surface area contributed by atoms with Gasteiger partial charge in [-0.05, 0) is 18.6 Å². The molecule has 0 bridgehead atoms. The number of anilines is 1. The van der Waals surface area contributed by atoms with Crippen molar-refractivity contribution >= 4 is 29.0 Å². The molecule has 21 heavy (non-hydrogen) atoms. The lowest BCUT2D eigenvalue weighted by Gasteiger charge is -2.13. The average Bonchev–Trinajstić information content (AvgIpc) is 2.77. The van der Waals surface area contributed by atoms with Crippen molar-refractivity contribution in [2.24, 2.45) is 11.0 Å². The Hall–Kier alpha value is -2.81. The van der Waals surface area contributed by atoms with Crippen molar-refractivity contribution in [3.63, 3.8) is 0 Å². The molecule has 1 aromatic carbocycles. The second-order valence-corrected chi connectivity index (χ2v) is 4.28. The van der Waals surface area contributed by atoms with Crippen LogP contribution in [-0.4, -0.2) is 39.3 Å². The lowest BCUT2D eigenvalue weighted by Crippen LogP contribution is -2.30. The van der Waals surface area contributed by atoms with Gasteiger partial charge in [-0.2, -0.15) is 10.1 Å². The van der Waals surface area contributed by atoms with Gasteiger partial charge in [-0.3, -0.25) is 14.9 Å². The number of carboxylic acids is 1. The van der Waals surface area contributed by atoms with E-state index in [0.29, 0.717) is 0 Å². The van der Waals surface area contributed by atoms with Crippen LogP contribution in [0, 0.1) is 16.0 Å². The molecule has 110 valence electrons. The third kappa shape index (κ3) is 2.72. The third-order valence-corrected chi connectivity index (χ3v) is 2.99. The van der Waals surface area contributed by atoms with Gasteiger partial charge in [0.2, 0.25) is 0 Å². The van der Waals surface area contributed by atoms with E-state index < -0.39 is 22.7 Å². The van der Waals surface area contributed by atoms with Gasteiger partial charge in [-0.1, -0.05) is 0 Å². The minimum absolute atomic E-state index is 0.0482. The Bertz CT molecular complexity index is 624. The van der Waals surface area contributed by atoms with Crippen molar-refractivity contribution in [1.82, 2.24) is 0 Å². The predicted molar refractivity (Wildman–Crippen MR) is 70.8 cm³/mol. The summed E-state index contributed by atoms with van der Waals surface area (Å²) in [6, 6.07) is 5.00. The number of benzene rings is 1. The van der Waals surface area contributed by atoms with Gasteiger partial charge in [-0.25, -0.2) is 4.79 Å². The number of non-ortho nitro benzene ring substituents is 1. The molecule has 0 aromatic heterocycles. The minimum Gasteiger partial charge on any atom is -0.477 e. The highest BCUT2D eigenvalue weighted by Crippen LogP contribution is 2.27. The van der Waals surface area contributed by atoms with E-state index in [0.717, 1.165) is 5.01 Å². The Morgan fingerprint density at radius 1 is 1.38 bits per heavy atom. The van der Waals surface area contributed by atoms with E-state index in [9.17, 15) is 19.7 Å². The molecule has 1 heterocycles. The van der Waals surface area contributed by atoms with E-state index in [-0.39, 0.29) is 30.1 Å². The van der Waals surface area contributed by atoms with Gasteiger partial charge in [0.15, 0.2) is 5.71 Å². The first-order valence-electron chi connectivity index (χ1n) is 5.96. The lowest BCUT2D eigenvalue weighted by atomic mass is 10.00. The van der Waals surface area contributed by atoms with Gasteiger partial charge in [0.1, 0.15) is 0 Å². The Kier molecular flexibility index (Phi) is 3.94. The maximum atomic E-state index is 12.1. The van der Waals surface area contributed by atoms with Crippen molar-refractivity contribution in [1.29, 1.82) is 0 Å². The lowest BCUT2D eigenvalue weighted by molar-refractivity contribution is -0.384. The summed E-state index contributed by atoms with van der Waals surface area (Å²) in [5.74, 6) is -2.95. The van der Waals surface area contributed by atoms with Gasteiger partial charge in [0.05, 0.1) is 16.5 Å². The number of hydrogen-bond acceptors (Lipinski definition) is 6. The first-order chi connectivity index (χ1) is 9.95. The summed E-state index contributed by atoms with van der Waals surface area (Å²) in [6.07, 6.45) is -0.0482. The number of nitro benzene ring substituents is 1. The fourth-order valence-electron chi connectivity index (χ4n) is 1.97. The average molecular weight is 293 g/mol. The standard InChI is InChI=1S/C12H11N3O6/c16-6-5-9-10(12(18)19)13-14(11(9)17)7-1-3-8(4-2-7)15(20)21/h1-4,9,16H,5-6H2,(H,18,19)/t9-/m0/s1. The molecule has 0 unspecified atom stereocenters. The number of aliphatic hydroxyl groups is 1. The van der Waals surface area contributed by atoms with Crippen LogP contribution in [0.25, 0.3) is 0 Å². The number of rotatable bonds is 5. The number of nitrogens with zero attached hydrogens (tertiary/aromatic N) is 3. The number of amides is 1. The monoisotopic (exact) mass is 293 g/mol. The molecule has 1 aliphatic rings. The fourth-order valence-corrected chi connectivity index (χ4v) is 1.97. The topological polar surface area (TPSA) is 133 Å².